The number of hydrogen-bond donors (Lipinski definition) is 1. The Labute approximate surface area is 255 Å². The maximum Gasteiger partial charge on any atom is 0.322 e. The van der Waals surface area contributed by atoms with Crippen molar-refractivity contribution in [2.45, 2.75) is 42.8 Å². The second-order valence-corrected chi connectivity index (χ2v) is 13.2. The van der Waals surface area contributed by atoms with E-state index in [1.807, 2.05) is 0 Å². The fraction of sp³-hybridized carbons (Fsp3) is 0.250. The summed E-state index contributed by atoms with van der Waals surface area (Å²) in [4.78, 5) is 39.0. The second-order valence-electron chi connectivity index (χ2n) is 10.5. The molecule has 43 heavy (non-hydrogen) atoms. The van der Waals surface area contributed by atoms with Gasteiger partial charge in [-0.3, -0.25) is 14.2 Å². The number of amides is 1. The molecule has 2 aliphatic heterocycles. The predicted molar refractivity (Wildman–Crippen MR) is 155 cm³/mol. The van der Waals surface area contributed by atoms with Crippen molar-refractivity contribution in [3.63, 3.8) is 0 Å². The molecule has 2 aromatic carbocycles. The SMILES string of the molecule is C[C@@]1(Cc2ccc(-c3cnc(F)nc3)cc2)C(=O)N(c2cc(Cl)cc(Cl)c2)c2ncc(S(=O)(=O)N3CCC[C@H]3C(=O)O)n21. The van der Waals surface area contributed by atoms with Gasteiger partial charge in [0.05, 0.1) is 11.9 Å². The number of sulfonamides is 1. The molecule has 2 aromatic heterocycles. The van der Waals surface area contributed by atoms with Crippen LogP contribution in [-0.4, -0.2) is 61.8 Å². The zero-order valence-electron chi connectivity index (χ0n) is 22.5. The molecule has 0 bridgehead atoms. The lowest BCUT2D eigenvalue weighted by Crippen LogP contribution is -2.45. The quantitative estimate of drug-likeness (QED) is 0.287. The van der Waals surface area contributed by atoms with Crippen LogP contribution in [0.4, 0.5) is 16.0 Å². The van der Waals surface area contributed by atoms with E-state index in [2.05, 4.69) is 15.0 Å². The van der Waals surface area contributed by atoms with E-state index in [9.17, 15) is 27.5 Å². The molecule has 1 saturated heterocycles. The Morgan fingerprint density at radius 2 is 1.70 bits per heavy atom. The minimum Gasteiger partial charge on any atom is -0.480 e. The number of fused-ring (bicyclic) bond motifs is 1. The number of rotatable bonds is 7. The number of carbonyl (C=O) groups is 2. The molecule has 6 rings (SSSR count). The van der Waals surface area contributed by atoms with E-state index in [1.165, 1.54) is 40.1 Å². The van der Waals surface area contributed by atoms with Crippen LogP contribution in [-0.2, 0) is 31.6 Å². The number of anilines is 2. The van der Waals surface area contributed by atoms with Crippen LogP contribution in [0, 0.1) is 6.08 Å². The van der Waals surface area contributed by atoms with Crippen molar-refractivity contribution < 1.29 is 27.5 Å². The summed E-state index contributed by atoms with van der Waals surface area (Å²) in [6, 6.07) is 10.4. The number of carboxylic acid groups (broad SMARTS) is 1. The van der Waals surface area contributed by atoms with Gasteiger partial charge < -0.3 is 5.11 Å². The Morgan fingerprint density at radius 3 is 2.33 bits per heavy atom. The maximum absolute atomic E-state index is 14.3. The number of carboxylic acids is 1. The molecule has 1 N–H and O–H groups in total. The minimum atomic E-state index is -4.39. The third-order valence-electron chi connectivity index (χ3n) is 7.69. The Balaban J connectivity index is 1.46. The van der Waals surface area contributed by atoms with Gasteiger partial charge in [0, 0.05) is 41.0 Å². The normalized spacial score (nSPS) is 20.5. The van der Waals surface area contributed by atoms with Gasteiger partial charge in [-0.1, -0.05) is 47.5 Å². The first-order valence-corrected chi connectivity index (χ1v) is 15.3. The standard InChI is InChI=1S/C28H23Cl2FN6O5S/c1-28(12-16-4-6-17(7-5-16)18-13-32-26(31)33-14-18)25(40)36(21-10-19(29)9-20(30)11-21)27-34-15-23(37(27)28)43(41,42)35-8-2-3-22(35)24(38)39/h4-7,9-11,13-15,22H,2-3,8,12H2,1H3,(H,38,39)/t22-,28+/m0/s1. The highest BCUT2D eigenvalue weighted by atomic mass is 35.5. The molecule has 222 valence electrons. The van der Waals surface area contributed by atoms with Crippen LogP contribution >= 0.6 is 23.2 Å². The highest BCUT2D eigenvalue weighted by Gasteiger charge is 2.53. The number of hydrogen-bond acceptors (Lipinski definition) is 7. The van der Waals surface area contributed by atoms with Gasteiger partial charge in [0.2, 0.25) is 5.95 Å². The topological polar surface area (TPSA) is 139 Å². The summed E-state index contributed by atoms with van der Waals surface area (Å²) in [5, 5.41) is 9.91. The molecule has 4 aromatic rings. The van der Waals surface area contributed by atoms with Crippen molar-refractivity contribution in [3.05, 3.63) is 82.7 Å². The Hall–Kier alpha value is -3.91. The zero-order chi connectivity index (χ0) is 30.7. The molecule has 0 saturated carbocycles. The van der Waals surface area contributed by atoms with Crippen LogP contribution in [0.2, 0.25) is 10.0 Å². The Kier molecular flexibility index (Phi) is 7.24. The van der Waals surface area contributed by atoms with E-state index in [0.717, 1.165) is 10.5 Å². The lowest BCUT2D eigenvalue weighted by atomic mass is 9.91. The summed E-state index contributed by atoms with van der Waals surface area (Å²) in [5.41, 5.74) is 0.757. The number of imidazole rings is 1. The second kappa shape index (κ2) is 10.7. The van der Waals surface area contributed by atoms with Crippen molar-refractivity contribution in [2.75, 3.05) is 11.4 Å². The minimum absolute atomic E-state index is 0.0205. The van der Waals surface area contributed by atoms with Gasteiger partial charge in [0.15, 0.2) is 5.03 Å². The fourth-order valence-electron chi connectivity index (χ4n) is 5.68. The molecule has 0 spiro atoms. The highest BCUT2D eigenvalue weighted by Crippen LogP contribution is 2.45. The monoisotopic (exact) mass is 644 g/mol. The van der Waals surface area contributed by atoms with Gasteiger partial charge >= 0.3 is 12.0 Å². The van der Waals surface area contributed by atoms with Gasteiger partial charge in [-0.05, 0) is 49.1 Å². The first-order valence-electron chi connectivity index (χ1n) is 13.1. The summed E-state index contributed by atoms with van der Waals surface area (Å²) in [6.07, 6.45) is 3.60. The van der Waals surface area contributed by atoms with E-state index in [-0.39, 0.29) is 40.4 Å². The number of aliphatic carboxylic acids is 1. The van der Waals surface area contributed by atoms with E-state index in [1.54, 1.807) is 31.2 Å². The Morgan fingerprint density at radius 1 is 1.05 bits per heavy atom. The van der Waals surface area contributed by atoms with Crippen molar-refractivity contribution in [2.24, 2.45) is 0 Å². The van der Waals surface area contributed by atoms with E-state index >= 15 is 0 Å². The van der Waals surface area contributed by atoms with Crippen molar-refractivity contribution >= 4 is 56.7 Å². The summed E-state index contributed by atoms with van der Waals surface area (Å²) >= 11 is 12.5. The largest absolute Gasteiger partial charge is 0.480 e. The van der Waals surface area contributed by atoms with Crippen LogP contribution in [0.15, 0.2) is 66.1 Å². The lowest BCUT2D eigenvalue weighted by Gasteiger charge is -2.28. The van der Waals surface area contributed by atoms with Gasteiger partial charge in [-0.2, -0.15) is 8.70 Å². The van der Waals surface area contributed by atoms with E-state index in [4.69, 9.17) is 23.2 Å². The van der Waals surface area contributed by atoms with Crippen LogP contribution in [0.1, 0.15) is 25.3 Å². The van der Waals surface area contributed by atoms with Gasteiger partial charge in [-0.15, -0.1) is 0 Å². The van der Waals surface area contributed by atoms with E-state index < -0.39 is 39.6 Å². The summed E-state index contributed by atoms with van der Waals surface area (Å²) < 4.78 is 43.5. The lowest BCUT2D eigenvalue weighted by molar-refractivity contribution is -0.140. The third kappa shape index (κ3) is 4.95. The average molecular weight is 645 g/mol. The van der Waals surface area contributed by atoms with Crippen LogP contribution in [0.3, 0.4) is 0 Å². The van der Waals surface area contributed by atoms with Crippen molar-refractivity contribution in [1.29, 1.82) is 0 Å². The smallest absolute Gasteiger partial charge is 0.322 e. The average Bonchev–Trinajstić information content (AvgIpc) is 3.67. The molecule has 0 aliphatic carbocycles. The first-order chi connectivity index (χ1) is 20.4. The molecule has 2 atom stereocenters. The molecule has 15 heteroatoms. The summed E-state index contributed by atoms with van der Waals surface area (Å²) in [7, 11) is -4.39. The van der Waals surface area contributed by atoms with Gasteiger partial charge in [-0.25, -0.2) is 28.3 Å². The molecular weight excluding hydrogens is 622 g/mol. The zero-order valence-corrected chi connectivity index (χ0v) is 24.8. The van der Waals surface area contributed by atoms with Gasteiger partial charge in [0.25, 0.3) is 15.9 Å². The number of aromatic nitrogens is 4. The number of carbonyl (C=O) groups excluding carboxylic acids is 1. The molecule has 1 amide bonds. The summed E-state index contributed by atoms with van der Waals surface area (Å²) in [6.45, 7) is 1.62. The summed E-state index contributed by atoms with van der Waals surface area (Å²) in [5.74, 6) is -1.71. The van der Waals surface area contributed by atoms with Crippen LogP contribution < -0.4 is 4.90 Å². The number of halogens is 3. The highest BCUT2D eigenvalue weighted by molar-refractivity contribution is 7.89. The molecule has 0 radical (unpaired) electrons. The molecular formula is C28H23Cl2FN6O5S. The van der Waals surface area contributed by atoms with E-state index in [0.29, 0.717) is 28.8 Å². The first kappa shape index (κ1) is 29.2. The van der Waals surface area contributed by atoms with Gasteiger partial charge in [0.1, 0.15) is 11.6 Å². The molecule has 2 aliphatic rings. The number of nitrogens with zero attached hydrogens (tertiary/aromatic N) is 6. The number of benzene rings is 2. The third-order valence-corrected chi connectivity index (χ3v) is 10.00. The molecule has 0 unspecified atom stereocenters. The molecule has 1 fully saturated rings. The predicted octanol–water partition coefficient (Wildman–Crippen LogP) is 4.66. The van der Waals surface area contributed by atoms with Crippen molar-refractivity contribution in [1.82, 2.24) is 23.8 Å². The Bertz CT molecular complexity index is 1850. The van der Waals surface area contributed by atoms with Crippen molar-refractivity contribution in [3.8, 4) is 11.1 Å². The maximum atomic E-state index is 14.3. The van der Waals surface area contributed by atoms with Crippen LogP contribution in [0.25, 0.3) is 11.1 Å². The molecule has 11 nitrogen and oxygen atoms in total. The molecule has 4 heterocycles. The van der Waals surface area contributed by atoms with Crippen LogP contribution in [0.5, 0.6) is 0 Å². The fourth-order valence-corrected chi connectivity index (χ4v) is 8.04.